The summed E-state index contributed by atoms with van der Waals surface area (Å²) in [6, 6.07) is 2.62. The van der Waals surface area contributed by atoms with Crippen LogP contribution in [0.4, 0.5) is 0 Å². The summed E-state index contributed by atoms with van der Waals surface area (Å²) in [6.45, 7) is 8.47. The molecule has 2 rings (SSSR count). The molecule has 1 aromatic carbocycles. The van der Waals surface area contributed by atoms with Crippen LogP contribution >= 0.6 is 0 Å². The summed E-state index contributed by atoms with van der Waals surface area (Å²) in [4.78, 5) is 16.5. The normalized spacial score (nSPS) is 15.9. The molecule has 0 bridgehead atoms. The number of carbonyl (C=O) groups is 1. The van der Waals surface area contributed by atoms with Crippen LogP contribution < -0.4 is 0 Å². The fraction of sp³-hybridized carbons (Fsp3) is 0.409. The van der Waals surface area contributed by atoms with Crippen molar-refractivity contribution >= 4 is 5.91 Å². The van der Waals surface area contributed by atoms with Crippen LogP contribution in [0.1, 0.15) is 35.7 Å². The second kappa shape index (κ2) is 9.08. The molecule has 1 heterocycles. The van der Waals surface area contributed by atoms with Gasteiger partial charge in [0.2, 0.25) is 0 Å². The van der Waals surface area contributed by atoms with Crippen LogP contribution in [0, 0.1) is 0 Å². The van der Waals surface area contributed by atoms with E-state index in [1.165, 1.54) is 6.07 Å². The first-order chi connectivity index (χ1) is 13.2. The van der Waals surface area contributed by atoms with Gasteiger partial charge in [0.25, 0.3) is 5.91 Å². The first-order valence-corrected chi connectivity index (χ1v) is 9.35. The molecule has 0 saturated heterocycles. The molecule has 28 heavy (non-hydrogen) atoms. The number of phenolic OH excluding ortho intramolecular Hbond substituents is 2. The predicted octanol–water partition coefficient (Wildman–Crippen LogP) is 2.64. The standard InChI is InChI=1S/C22H30N2O4/c1-6-16(19(13-25)23(4)5)9-15-7-8-24(12-15)22(28)18-10-17(14(2)3)20(26)11-21(18)27/h6-7,9-11,14,19,25-27H,1,8,12-13H2,2-5H3. The molecule has 1 atom stereocenters. The Balaban J connectivity index is 2.21. The highest BCUT2D eigenvalue weighted by Gasteiger charge is 2.25. The molecule has 0 aromatic heterocycles. The van der Waals surface area contributed by atoms with E-state index in [-0.39, 0.29) is 41.5 Å². The largest absolute Gasteiger partial charge is 0.508 e. The van der Waals surface area contributed by atoms with Gasteiger partial charge in [-0.25, -0.2) is 0 Å². The number of nitrogens with zero attached hydrogens (tertiary/aromatic N) is 2. The molecule has 1 unspecified atom stereocenters. The van der Waals surface area contributed by atoms with Gasteiger partial charge in [-0.05, 0) is 42.8 Å². The number of amides is 1. The van der Waals surface area contributed by atoms with Crippen LogP contribution in [0.15, 0.2) is 48.1 Å². The predicted molar refractivity (Wildman–Crippen MR) is 111 cm³/mol. The molecular weight excluding hydrogens is 356 g/mol. The third-order valence-corrected chi connectivity index (χ3v) is 5.00. The number of hydrogen-bond donors (Lipinski definition) is 3. The Hall–Kier alpha value is -2.57. The molecule has 0 spiro atoms. The molecule has 0 aliphatic carbocycles. The van der Waals surface area contributed by atoms with Crippen LogP contribution in [-0.4, -0.2) is 70.9 Å². The highest BCUT2D eigenvalue weighted by Crippen LogP contribution is 2.33. The van der Waals surface area contributed by atoms with E-state index in [1.54, 1.807) is 17.0 Å². The maximum atomic E-state index is 12.9. The molecule has 1 aliphatic rings. The zero-order chi connectivity index (χ0) is 21.0. The van der Waals surface area contributed by atoms with Crippen LogP contribution in [0.3, 0.4) is 0 Å². The number of aliphatic hydroxyl groups excluding tert-OH is 1. The number of likely N-dealkylation sites (N-methyl/N-ethyl adjacent to an activating group) is 1. The molecule has 0 saturated carbocycles. The maximum Gasteiger partial charge on any atom is 0.258 e. The first-order valence-electron chi connectivity index (χ1n) is 9.35. The van der Waals surface area contributed by atoms with Crippen molar-refractivity contribution in [3.05, 3.63) is 59.2 Å². The van der Waals surface area contributed by atoms with Crippen molar-refractivity contribution in [3.63, 3.8) is 0 Å². The first kappa shape index (κ1) is 21.7. The van der Waals surface area contributed by atoms with Gasteiger partial charge >= 0.3 is 0 Å². The number of carbonyl (C=O) groups excluding carboxylic acids is 1. The van der Waals surface area contributed by atoms with E-state index in [1.807, 2.05) is 45.0 Å². The Kier molecular flexibility index (Phi) is 7.05. The molecule has 1 amide bonds. The zero-order valence-electron chi connectivity index (χ0n) is 17.0. The van der Waals surface area contributed by atoms with Gasteiger partial charge in [0, 0.05) is 19.2 Å². The Morgan fingerprint density at radius 3 is 2.50 bits per heavy atom. The van der Waals surface area contributed by atoms with Gasteiger partial charge in [0.05, 0.1) is 18.2 Å². The Morgan fingerprint density at radius 2 is 1.96 bits per heavy atom. The van der Waals surface area contributed by atoms with Crippen molar-refractivity contribution in [2.45, 2.75) is 25.8 Å². The number of aliphatic hydroxyl groups is 1. The lowest BCUT2D eigenvalue weighted by molar-refractivity contribution is 0.0795. The molecule has 1 aliphatic heterocycles. The molecule has 6 nitrogen and oxygen atoms in total. The molecule has 0 radical (unpaired) electrons. The Morgan fingerprint density at radius 1 is 1.29 bits per heavy atom. The van der Waals surface area contributed by atoms with E-state index in [0.29, 0.717) is 18.7 Å². The van der Waals surface area contributed by atoms with Crippen LogP contribution in [-0.2, 0) is 0 Å². The van der Waals surface area contributed by atoms with Crippen molar-refractivity contribution in [2.75, 3.05) is 33.8 Å². The minimum atomic E-state index is -0.287. The number of benzene rings is 1. The van der Waals surface area contributed by atoms with E-state index < -0.39 is 0 Å². The van der Waals surface area contributed by atoms with Gasteiger partial charge in [-0.2, -0.15) is 0 Å². The highest BCUT2D eigenvalue weighted by atomic mass is 16.3. The zero-order valence-corrected chi connectivity index (χ0v) is 17.0. The second-order valence-corrected chi connectivity index (χ2v) is 7.56. The molecular formula is C22H30N2O4. The summed E-state index contributed by atoms with van der Waals surface area (Å²) in [5.74, 6) is -0.498. The summed E-state index contributed by atoms with van der Waals surface area (Å²) in [7, 11) is 3.77. The summed E-state index contributed by atoms with van der Waals surface area (Å²) >= 11 is 0. The number of rotatable bonds is 7. The third kappa shape index (κ3) is 4.64. The van der Waals surface area contributed by atoms with Gasteiger partial charge in [0.15, 0.2) is 0 Å². The lowest BCUT2D eigenvalue weighted by Crippen LogP contribution is -2.33. The van der Waals surface area contributed by atoms with Gasteiger partial charge in [-0.1, -0.05) is 38.7 Å². The fourth-order valence-electron chi connectivity index (χ4n) is 3.31. The molecule has 152 valence electrons. The van der Waals surface area contributed by atoms with Crippen molar-refractivity contribution < 1.29 is 20.1 Å². The van der Waals surface area contributed by atoms with E-state index in [2.05, 4.69) is 6.58 Å². The van der Waals surface area contributed by atoms with E-state index >= 15 is 0 Å². The monoisotopic (exact) mass is 386 g/mol. The quantitative estimate of drug-likeness (QED) is 0.628. The highest BCUT2D eigenvalue weighted by molar-refractivity contribution is 5.98. The third-order valence-electron chi connectivity index (χ3n) is 5.00. The Bertz CT molecular complexity index is 809. The average Bonchev–Trinajstić information content (AvgIpc) is 3.09. The molecule has 1 aromatic rings. The number of hydrogen-bond acceptors (Lipinski definition) is 5. The maximum absolute atomic E-state index is 12.9. The van der Waals surface area contributed by atoms with E-state index in [0.717, 1.165) is 11.1 Å². The summed E-state index contributed by atoms with van der Waals surface area (Å²) in [5, 5.41) is 29.8. The second-order valence-electron chi connectivity index (χ2n) is 7.56. The number of aromatic hydroxyl groups is 2. The lowest BCUT2D eigenvalue weighted by Gasteiger charge is -2.23. The van der Waals surface area contributed by atoms with Gasteiger partial charge < -0.3 is 25.1 Å². The van der Waals surface area contributed by atoms with Crippen LogP contribution in [0.5, 0.6) is 11.5 Å². The van der Waals surface area contributed by atoms with E-state index in [4.69, 9.17) is 0 Å². The smallest absolute Gasteiger partial charge is 0.258 e. The lowest BCUT2D eigenvalue weighted by atomic mass is 9.98. The summed E-state index contributed by atoms with van der Waals surface area (Å²) in [6.07, 6.45) is 5.61. The van der Waals surface area contributed by atoms with Crippen molar-refractivity contribution in [2.24, 2.45) is 0 Å². The SMILES string of the molecule is C=CC(=CC1=CCN(C(=O)c2cc(C(C)C)c(O)cc2O)C1)C(CO)N(C)C. The van der Waals surface area contributed by atoms with Gasteiger partial charge in [-0.3, -0.25) is 4.79 Å². The average molecular weight is 386 g/mol. The fourth-order valence-corrected chi connectivity index (χ4v) is 3.31. The van der Waals surface area contributed by atoms with E-state index in [9.17, 15) is 20.1 Å². The number of phenols is 2. The van der Waals surface area contributed by atoms with Gasteiger partial charge in [-0.15, -0.1) is 0 Å². The van der Waals surface area contributed by atoms with Gasteiger partial charge in [0.1, 0.15) is 11.5 Å². The minimum Gasteiger partial charge on any atom is -0.508 e. The molecule has 0 fully saturated rings. The van der Waals surface area contributed by atoms with Crippen molar-refractivity contribution in [3.8, 4) is 11.5 Å². The van der Waals surface area contributed by atoms with Crippen molar-refractivity contribution in [1.82, 2.24) is 9.80 Å². The van der Waals surface area contributed by atoms with Crippen LogP contribution in [0.25, 0.3) is 0 Å². The minimum absolute atomic E-state index is 0.0124. The Labute approximate surface area is 166 Å². The van der Waals surface area contributed by atoms with Crippen molar-refractivity contribution in [1.29, 1.82) is 0 Å². The van der Waals surface area contributed by atoms with Crippen LogP contribution in [0.2, 0.25) is 0 Å². The molecule has 6 heteroatoms. The topological polar surface area (TPSA) is 84.2 Å². The summed E-state index contributed by atoms with van der Waals surface area (Å²) in [5.41, 5.74) is 2.64. The molecule has 3 N–H and O–H groups in total. The summed E-state index contributed by atoms with van der Waals surface area (Å²) < 4.78 is 0.